The van der Waals surface area contributed by atoms with E-state index in [0.29, 0.717) is 25.3 Å². The van der Waals surface area contributed by atoms with Gasteiger partial charge in [-0.05, 0) is 37.5 Å². The Morgan fingerprint density at radius 3 is 2.21 bits per heavy atom. The quantitative estimate of drug-likeness (QED) is 0.617. The number of fused-ring (bicyclic) bond motifs is 1. The van der Waals surface area contributed by atoms with Crippen LogP contribution in [0.4, 0.5) is 0 Å². The molecule has 0 bridgehead atoms. The van der Waals surface area contributed by atoms with Crippen LogP contribution in [0.2, 0.25) is 0 Å². The van der Waals surface area contributed by atoms with Crippen LogP contribution in [0.25, 0.3) is 0 Å². The van der Waals surface area contributed by atoms with Crippen LogP contribution in [0.5, 0.6) is 0 Å². The Morgan fingerprint density at radius 2 is 1.63 bits per heavy atom. The minimum absolute atomic E-state index is 0.0166. The minimum atomic E-state index is -0.119. The van der Waals surface area contributed by atoms with Crippen LogP contribution in [-0.2, 0) is 9.59 Å². The van der Waals surface area contributed by atoms with Gasteiger partial charge in [0.15, 0.2) is 0 Å². The van der Waals surface area contributed by atoms with Crippen molar-refractivity contribution in [1.82, 2.24) is 4.90 Å². The highest BCUT2D eigenvalue weighted by Crippen LogP contribution is 2.38. The largest absolute Gasteiger partial charge is 0.396 e. The van der Waals surface area contributed by atoms with Gasteiger partial charge in [-0.3, -0.25) is 14.5 Å². The number of carbonyl (C=O) groups is 2. The van der Waals surface area contributed by atoms with Gasteiger partial charge in [-0.25, -0.2) is 0 Å². The molecule has 1 saturated heterocycles. The van der Waals surface area contributed by atoms with Crippen molar-refractivity contribution in [3.05, 3.63) is 12.2 Å². The van der Waals surface area contributed by atoms with Gasteiger partial charge < -0.3 is 5.11 Å². The summed E-state index contributed by atoms with van der Waals surface area (Å²) in [6, 6.07) is 0. The molecule has 2 fully saturated rings. The fraction of sp³-hybridized carbons (Fsp3) is 0.733. The van der Waals surface area contributed by atoms with Gasteiger partial charge in [-0.15, -0.1) is 0 Å². The van der Waals surface area contributed by atoms with Crippen LogP contribution < -0.4 is 0 Å². The van der Waals surface area contributed by atoms with E-state index in [2.05, 4.69) is 0 Å². The van der Waals surface area contributed by atoms with Crippen LogP contribution in [0.15, 0.2) is 12.2 Å². The Labute approximate surface area is 113 Å². The summed E-state index contributed by atoms with van der Waals surface area (Å²) in [5.74, 6) is 0.358. The molecule has 1 aliphatic heterocycles. The van der Waals surface area contributed by atoms with E-state index in [1.165, 1.54) is 4.90 Å². The second-order valence-corrected chi connectivity index (χ2v) is 6.08. The Kier molecular flexibility index (Phi) is 3.44. The first kappa shape index (κ1) is 12.9. The number of aliphatic hydroxyl groups is 1. The molecule has 4 heteroatoms. The monoisotopic (exact) mass is 263 g/mol. The van der Waals surface area contributed by atoms with E-state index in [1.54, 1.807) is 0 Å². The van der Waals surface area contributed by atoms with Crippen LogP contribution in [0.3, 0.4) is 0 Å². The highest BCUT2D eigenvalue weighted by atomic mass is 16.3. The van der Waals surface area contributed by atoms with Crippen molar-refractivity contribution in [2.75, 3.05) is 13.2 Å². The molecule has 3 aliphatic rings. The molecule has 0 aromatic carbocycles. The molecule has 1 saturated carbocycles. The van der Waals surface area contributed by atoms with E-state index >= 15 is 0 Å². The van der Waals surface area contributed by atoms with Crippen molar-refractivity contribution in [1.29, 1.82) is 0 Å². The standard InChI is InChI=1S/C15H21NO3/c17-9-11-5-3-4-10(11)8-16-14(18)12-6-1-2-7-13(12)15(16)19/h1-2,10-13,17H,3-9H2/t10?,11?,12-,13+. The number of hydrogen-bond donors (Lipinski definition) is 1. The fourth-order valence-corrected chi connectivity index (χ4v) is 3.88. The van der Waals surface area contributed by atoms with Gasteiger partial charge >= 0.3 is 0 Å². The molecular weight excluding hydrogens is 242 g/mol. The topological polar surface area (TPSA) is 57.6 Å². The Hall–Kier alpha value is -1.16. The summed E-state index contributed by atoms with van der Waals surface area (Å²) in [5, 5.41) is 9.35. The van der Waals surface area contributed by atoms with Crippen molar-refractivity contribution in [2.24, 2.45) is 23.7 Å². The maximum Gasteiger partial charge on any atom is 0.233 e. The number of carbonyl (C=O) groups excluding carboxylic acids is 2. The van der Waals surface area contributed by atoms with Crippen LogP contribution >= 0.6 is 0 Å². The van der Waals surface area contributed by atoms with Gasteiger partial charge in [-0.2, -0.15) is 0 Å². The first-order chi connectivity index (χ1) is 9.22. The zero-order valence-corrected chi connectivity index (χ0v) is 11.1. The average molecular weight is 263 g/mol. The van der Waals surface area contributed by atoms with E-state index < -0.39 is 0 Å². The van der Waals surface area contributed by atoms with Gasteiger partial charge in [0.2, 0.25) is 11.8 Å². The maximum absolute atomic E-state index is 12.3. The molecule has 2 aliphatic carbocycles. The number of rotatable bonds is 3. The van der Waals surface area contributed by atoms with E-state index in [0.717, 1.165) is 19.3 Å². The Balaban J connectivity index is 1.71. The molecular formula is C15H21NO3. The smallest absolute Gasteiger partial charge is 0.233 e. The molecule has 0 aromatic rings. The Morgan fingerprint density at radius 1 is 1.05 bits per heavy atom. The van der Waals surface area contributed by atoms with Crippen molar-refractivity contribution in [3.63, 3.8) is 0 Å². The summed E-state index contributed by atoms with van der Waals surface area (Å²) in [5.41, 5.74) is 0. The highest BCUT2D eigenvalue weighted by molar-refractivity contribution is 6.05. The normalized spacial score (nSPS) is 38.1. The maximum atomic E-state index is 12.3. The minimum Gasteiger partial charge on any atom is -0.396 e. The molecule has 0 aromatic heterocycles. The lowest BCUT2D eigenvalue weighted by Crippen LogP contribution is -2.37. The van der Waals surface area contributed by atoms with Crippen molar-refractivity contribution in [2.45, 2.75) is 32.1 Å². The molecule has 1 N–H and O–H groups in total. The predicted molar refractivity (Wildman–Crippen MR) is 70.0 cm³/mol. The van der Waals surface area contributed by atoms with Crippen molar-refractivity contribution < 1.29 is 14.7 Å². The lowest BCUT2D eigenvalue weighted by Gasteiger charge is -2.23. The van der Waals surface area contributed by atoms with Crippen LogP contribution in [-0.4, -0.2) is 35.0 Å². The molecule has 4 atom stereocenters. The lowest BCUT2D eigenvalue weighted by molar-refractivity contribution is -0.140. The number of hydrogen-bond acceptors (Lipinski definition) is 3. The number of amides is 2. The summed E-state index contributed by atoms with van der Waals surface area (Å²) in [6.07, 6.45) is 8.59. The van der Waals surface area contributed by atoms with E-state index in [4.69, 9.17) is 0 Å². The molecule has 19 heavy (non-hydrogen) atoms. The molecule has 2 amide bonds. The molecule has 3 rings (SSSR count). The van der Waals surface area contributed by atoms with E-state index in [9.17, 15) is 14.7 Å². The average Bonchev–Trinajstić information content (AvgIpc) is 2.98. The first-order valence-electron chi connectivity index (χ1n) is 7.33. The zero-order valence-electron chi connectivity index (χ0n) is 11.1. The molecule has 104 valence electrons. The SMILES string of the molecule is O=C1[C@H]2CC=CC[C@H]2C(=O)N1CC1CCCC1CO. The van der Waals surface area contributed by atoms with Gasteiger partial charge in [0.25, 0.3) is 0 Å². The van der Waals surface area contributed by atoms with Crippen molar-refractivity contribution >= 4 is 11.8 Å². The van der Waals surface area contributed by atoms with E-state index in [-0.39, 0.29) is 36.2 Å². The molecule has 2 unspecified atom stereocenters. The van der Waals surface area contributed by atoms with Crippen LogP contribution in [0.1, 0.15) is 32.1 Å². The van der Waals surface area contributed by atoms with Gasteiger partial charge in [0.1, 0.15) is 0 Å². The molecule has 0 radical (unpaired) electrons. The summed E-state index contributed by atoms with van der Waals surface area (Å²) in [7, 11) is 0. The number of imide groups is 1. The summed E-state index contributed by atoms with van der Waals surface area (Å²) < 4.78 is 0. The van der Waals surface area contributed by atoms with Gasteiger partial charge in [-0.1, -0.05) is 18.6 Å². The molecule has 4 nitrogen and oxygen atoms in total. The summed E-state index contributed by atoms with van der Waals surface area (Å²) >= 11 is 0. The third-order valence-electron chi connectivity index (χ3n) is 5.07. The molecule has 1 heterocycles. The number of nitrogens with zero attached hydrogens (tertiary/aromatic N) is 1. The second kappa shape index (κ2) is 5.08. The lowest BCUT2D eigenvalue weighted by atomic mass is 9.85. The van der Waals surface area contributed by atoms with Crippen LogP contribution in [0, 0.1) is 23.7 Å². The third kappa shape index (κ3) is 2.12. The molecule has 0 spiro atoms. The van der Waals surface area contributed by atoms with E-state index in [1.807, 2.05) is 12.2 Å². The predicted octanol–water partition coefficient (Wildman–Crippen LogP) is 1.35. The zero-order chi connectivity index (χ0) is 13.4. The number of likely N-dealkylation sites (tertiary alicyclic amines) is 1. The van der Waals surface area contributed by atoms with Gasteiger partial charge in [0, 0.05) is 13.2 Å². The third-order valence-corrected chi connectivity index (χ3v) is 5.07. The second-order valence-electron chi connectivity index (χ2n) is 6.08. The first-order valence-corrected chi connectivity index (χ1v) is 7.33. The summed E-state index contributed by atoms with van der Waals surface area (Å²) in [4.78, 5) is 26.2. The summed E-state index contributed by atoms with van der Waals surface area (Å²) in [6.45, 7) is 0.700. The fourth-order valence-electron chi connectivity index (χ4n) is 3.88. The Bertz CT molecular complexity index is 392. The van der Waals surface area contributed by atoms with Gasteiger partial charge in [0.05, 0.1) is 11.8 Å². The van der Waals surface area contributed by atoms with Crippen molar-refractivity contribution in [3.8, 4) is 0 Å². The highest BCUT2D eigenvalue weighted by Gasteiger charge is 2.48. The number of aliphatic hydroxyl groups excluding tert-OH is 1. The number of allylic oxidation sites excluding steroid dienone is 2.